The number of amides is 2. The minimum Gasteiger partial charge on any atom is -0.491 e. The molecule has 7 nitrogen and oxygen atoms in total. The molecule has 3 aliphatic rings. The van der Waals surface area contributed by atoms with Crippen LogP contribution in [-0.4, -0.2) is 31.0 Å². The van der Waals surface area contributed by atoms with Gasteiger partial charge in [-0.25, -0.2) is 9.69 Å². The number of hydrogen-bond acceptors (Lipinski definition) is 6. The molecule has 1 unspecified atom stereocenters. The summed E-state index contributed by atoms with van der Waals surface area (Å²) in [6.45, 7) is 5.52. The van der Waals surface area contributed by atoms with Crippen molar-refractivity contribution in [2.24, 2.45) is 0 Å². The van der Waals surface area contributed by atoms with Gasteiger partial charge in [0.2, 0.25) is 6.79 Å². The molecule has 2 aromatic rings. The molecule has 0 saturated heterocycles. The predicted molar refractivity (Wildman–Crippen MR) is 99.0 cm³/mol. The molecule has 0 fully saturated rings. The van der Waals surface area contributed by atoms with E-state index in [0.717, 1.165) is 4.90 Å². The number of rotatable bonds is 0. The molecule has 0 aliphatic carbocycles. The number of carbonyl (C=O) groups is 2. The van der Waals surface area contributed by atoms with E-state index in [2.05, 4.69) is 0 Å². The second kappa shape index (κ2) is 5.41. The molecule has 3 heterocycles. The van der Waals surface area contributed by atoms with Crippen molar-refractivity contribution in [3.05, 3.63) is 47.5 Å². The van der Waals surface area contributed by atoms with E-state index in [4.69, 9.17) is 18.9 Å². The SMILES string of the molecule is CC(C)(C)OC(=O)N1C(=O)C2(COc3cc4c(cc32)OCO4)c2ccccc21. The highest BCUT2D eigenvalue weighted by Gasteiger charge is 2.59. The first-order valence-electron chi connectivity index (χ1n) is 9.05. The highest BCUT2D eigenvalue weighted by Crippen LogP contribution is 2.55. The van der Waals surface area contributed by atoms with Gasteiger partial charge in [0.1, 0.15) is 23.4 Å². The zero-order valence-electron chi connectivity index (χ0n) is 15.8. The normalized spacial score (nSPS) is 21.5. The summed E-state index contributed by atoms with van der Waals surface area (Å²) in [4.78, 5) is 27.6. The van der Waals surface area contributed by atoms with Crippen LogP contribution in [0, 0.1) is 0 Å². The van der Waals surface area contributed by atoms with E-state index < -0.39 is 17.1 Å². The topological polar surface area (TPSA) is 74.3 Å². The number of ether oxygens (including phenoxy) is 4. The molecule has 5 rings (SSSR count). The quantitative estimate of drug-likeness (QED) is 0.697. The molecule has 28 heavy (non-hydrogen) atoms. The molecule has 144 valence electrons. The first kappa shape index (κ1) is 16.9. The molecule has 2 amide bonds. The fourth-order valence-corrected chi connectivity index (χ4v) is 3.97. The van der Waals surface area contributed by atoms with Crippen LogP contribution >= 0.6 is 0 Å². The van der Waals surface area contributed by atoms with Gasteiger partial charge in [0, 0.05) is 17.2 Å². The van der Waals surface area contributed by atoms with Crippen LogP contribution in [0.5, 0.6) is 17.2 Å². The summed E-state index contributed by atoms with van der Waals surface area (Å²) in [6, 6.07) is 10.7. The summed E-state index contributed by atoms with van der Waals surface area (Å²) in [5.74, 6) is 1.31. The number of anilines is 1. The second-order valence-corrected chi connectivity index (χ2v) is 8.03. The third kappa shape index (κ3) is 2.16. The highest BCUT2D eigenvalue weighted by molar-refractivity contribution is 6.23. The van der Waals surface area contributed by atoms with E-state index in [1.165, 1.54) is 0 Å². The van der Waals surface area contributed by atoms with Gasteiger partial charge in [-0.2, -0.15) is 0 Å². The van der Waals surface area contributed by atoms with Crippen LogP contribution in [0.1, 0.15) is 31.9 Å². The van der Waals surface area contributed by atoms with Crippen molar-refractivity contribution in [3.8, 4) is 17.2 Å². The number of carbonyl (C=O) groups excluding carboxylic acids is 2. The maximum absolute atomic E-state index is 13.6. The van der Waals surface area contributed by atoms with E-state index in [1.807, 2.05) is 12.1 Å². The van der Waals surface area contributed by atoms with Gasteiger partial charge in [-0.05, 0) is 32.9 Å². The van der Waals surface area contributed by atoms with Crippen molar-refractivity contribution in [2.45, 2.75) is 31.8 Å². The number of benzene rings is 2. The number of imide groups is 1. The van der Waals surface area contributed by atoms with Crippen molar-refractivity contribution < 1.29 is 28.5 Å². The van der Waals surface area contributed by atoms with Crippen molar-refractivity contribution in [3.63, 3.8) is 0 Å². The van der Waals surface area contributed by atoms with Crippen molar-refractivity contribution in [1.82, 2.24) is 0 Å². The Hall–Kier alpha value is -3.22. The van der Waals surface area contributed by atoms with E-state index >= 15 is 0 Å². The molecule has 1 spiro atoms. The van der Waals surface area contributed by atoms with E-state index in [9.17, 15) is 9.59 Å². The lowest BCUT2D eigenvalue weighted by Crippen LogP contribution is -2.46. The number of fused-ring (bicyclic) bond motifs is 5. The summed E-state index contributed by atoms with van der Waals surface area (Å²) < 4.78 is 22.3. The van der Waals surface area contributed by atoms with Gasteiger partial charge in [0.05, 0.1) is 5.69 Å². The molecule has 0 saturated carbocycles. The summed E-state index contributed by atoms with van der Waals surface area (Å²) >= 11 is 0. The predicted octanol–water partition coefficient (Wildman–Crippen LogP) is 3.38. The first-order valence-corrected chi connectivity index (χ1v) is 9.05. The van der Waals surface area contributed by atoms with Crippen molar-refractivity contribution >= 4 is 17.7 Å². The van der Waals surface area contributed by atoms with E-state index in [1.54, 1.807) is 45.0 Å². The molecule has 0 aromatic heterocycles. The Balaban J connectivity index is 1.67. The van der Waals surface area contributed by atoms with Crippen LogP contribution in [0.2, 0.25) is 0 Å². The smallest absolute Gasteiger partial charge is 0.421 e. The average Bonchev–Trinajstić information content (AvgIpc) is 3.29. The van der Waals surface area contributed by atoms with E-state index in [0.29, 0.717) is 34.1 Å². The summed E-state index contributed by atoms with van der Waals surface area (Å²) in [5, 5.41) is 0. The lowest BCUT2D eigenvalue weighted by molar-refractivity contribution is -0.121. The highest BCUT2D eigenvalue weighted by atomic mass is 16.7. The number of hydrogen-bond donors (Lipinski definition) is 0. The lowest BCUT2D eigenvalue weighted by Gasteiger charge is -2.25. The lowest BCUT2D eigenvalue weighted by atomic mass is 9.77. The zero-order valence-corrected chi connectivity index (χ0v) is 15.8. The molecular formula is C21H19NO6. The fourth-order valence-electron chi connectivity index (χ4n) is 3.97. The molecule has 7 heteroatoms. The van der Waals surface area contributed by atoms with Gasteiger partial charge in [-0.1, -0.05) is 18.2 Å². The summed E-state index contributed by atoms with van der Waals surface area (Å²) in [7, 11) is 0. The molecule has 1 atom stereocenters. The third-order valence-electron chi connectivity index (χ3n) is 5.13. The largest absolute Gasteiger partial charge is 0.491 e. The van der Waals surface area contributed by atoms with Crippen molar-refractivity contribution in [2.75, 3.05) is 18.3 Å². The van der Waals surface area contributed by atoms with Crippen LogP contribution in [0.3, 0.4) is 0 Å². The van der Waals surface area contributed by atoms with Crippen LogP contribution in [0.25, 0.3) is 0 Å². The standard InChI is InChI=1S/C21H19NO6/c1-20(2,3)28-19(24)22-14-7-5-4-6-12(14)21(18(22)23)10-25-15-9-17-16(8-13(15)21)26-11-27-17/h4-9H,10-11H2,1-3H3. The molecule has 0 bridgehead atoms. The Kier molecular flexibility index (Phi) is 3.27. The number of nitrogens with zero attached hydrogens (tertiary/aromatic N) is 1. The Morgan fingerprint density at radius 1 is 1.04 bits per heavy atom. The average molecular weight is 381 g/mol. The van der Waals surface area contributed by atoms with Crippen LogP contribution in [0.15, 0.2) is 36.4 Å². The Morgan fingerprint density at radius 2 is 1.75 bits per heavy atom. The van der Waals surface area contributed by atoms with E-state index in [-0.39, 0.29) is 19.3 Å². The van der Waals surface area contributed by atoms with Gasteiger partial charge in [0.15, 0.2) is 11.5 Å². The minimum absolute atomic E-state index is 0.0976. The van der Waals surface area contributed by atoms with Crippen LogP contribution in [-0.2, 0) is 14.9 Å². The van der Waals surface area contributed by atoms with Crippen LogP contribution in [0.4, 0.5) is 10.5 Å². The molecule has 2 aromatic carbocycles. The molecular weight excluding hydrogens is 362 g/mol. The van der Waals surface area contributed by atoms with Crippen LogP contribution < -0.4 is 19.1 Å². The molecule has 0 radical (unpaired) electrons. The second-order valence-electron chi connectivity index (χ2n) is 8.03. The Labute approximate surface area is 161 Å². The summed E-state index contributed by atoms with van der Waals surface area (Å²) in [6.07, 6.45) is -0.698. The van der Waals surface area contributed by atoms with Gasteiger partial charge in [-0.3, -0.25) is 4.79 Å². The Morgan fingerprint density at radius 3 is 2.50 bits per heavy atom. The van der Waals surface area contributed by atoms with Crippen molar-refractivity contribution in [1.29, 1.82) is 0 Å². The number of para-hydroxylation sites is 1. The van der Waals surface area contributed by atoms with Gasteiger partial charge in [0.25, 0.3) is 5.91 Å². The maximum atomic E-state index is 13.6. The Bertz CT molecular complexity index is 1020. The van der Waals surface area contributed by atoms with Gasteiger partial charge in [-0.15, -0.1) is 0 Å². The monoisotopic (exact) mass is 381 g/mol. The molecule has 0 N–H and O–H groups in total. The van der Waals surface area contributed by atoms with Gasteiger partial charge < -0.3 is 18.9 Å². The van der Waals surface area contributed by atoms with Gasteiger partial charge >= 0.3 is 6.09 Å². The zero-order chi connectivity index (χ0) is 19.7. The third-order valence-corrected chi connectivity index (χ3v) is 5.13. The first-order chi connectivity index (χ1) is 13.3. The molecule has 3 aliphatic heterocycles. The fraction of sp³-hybridized carbons (Fsp3) is 0.333. The maximum Gasteiger partial charge on any atom is 0.421 e. The minimum atomic E-state index is -1.12. The summed E-state index contributed by atoms with van der Waals surface area (Å²) in [5.41, 5.74) is 0.0432.